The lowest BCUT2D eigenvalue weighted by atomic mass is 10.1. The molecule has 1 atom stereocenters. The predicted octanol–water partition coefficient (Wildman–Crippen LogP) is 4.22. The average molecular weight is 358 g/mol. The van der Waals surface area contributed by atoms with Gasteiger partial charge in [-0.15, -0.1) is 0 Å². The van der Waals surface area contributed by atoms with Gasteiger partial charge in [-0.05, 0) is 52.3 Å². The molecule has 108 valence electrons. The quantitative estimate of drug-likeness (QED) is 0.842. The van der Waals surface area contributed by atoms with Crippen LogP contribution in [0, 0.1) is 0 Å². The summed E-state index contributed by atoms with van der Waals surface area (Å²) < 4.78 is 6.32. The maximum absolute atomic E-state index is 6.05. The van der Waals surface area contributed by atoms with Gasteiger partial charge in [-0.2, -0.15) is 0 Å². The van der Waals surface area contributed by atoms with Gasteiger partial charge in [0.15, 0.2) is 0 Å². The van der Waals surface area contributed by atoms with Crippen molar-refractivity contribution in [2.45, 2.75) is 19.5 Å². The van der Waals surface area contributed by atoms with Crippen LogP contribution < -0.4 is 5.73 Å². The minimum Gasteiger partial charge on any atom is -0.468 e. The van der Waals surface area contributed by atoms with E-state index >= 15 is 0 Å². The first kappa shape index (κ1) is 15.6. The Labute approximate surface area is 132 Å². The number of furan rings is 1. The maximum atomic E-state index is 6.05. The molecule has 0 spiro atoms. The third-order valence-corrected chi connectivity index (χ3v) is 4.55. The average Bonchev–Trinajstić information content (AvgIpc) is 2.95. The Morgan fingerprint density at radius 3 is 2.75 bits per heavy atom. The number of rotatable bonds is 6. The normalized spacial score (nSPS) is 12.8. The summed E-state index contributed by atoms with van der Waals surface area (Å²) in [5.74, 6) is 0.943. The van der Waals surface area contributed by atoms with Crippen LogP contribution in [0.2, 0.25) is 5.02 Å². The first-order valence-electron chi connectivity index (χ1n) is 6.57. The minimum absolute atomic E-state index is 0.138. The van der Waals surface area contributed by atoms with E-state index in [4.69, 9.17) is 21.8 Å². The molecular formula is C15H18BrClN2O. The van der Waals surface area contributed by atoms with Crippen molar-refractivity contribution in [2.24, 2.45) is 5.73 Å². The van der Waals surface area contributed by atoms with Crippen molar-refractivity contribution >= 4 is 27.5 Å². The van der Waals surface area contributed by atoms with E-state index in [0.29, 0.717) is 11.6 Å². The fourth-order valence-corrected chi connectivity index (χ4v) is 2.77. The van der Waals surface area contributed by atoms with E-state index in [1.807, 2.05) is 30.3 Å². The van der Waals surface area contributed by atoms with Crippen LogP contribution in [0.1, 0.15) is 24.3 Å². The van der Waals surface area contributed by atoms with Gasteiger partial charge in [0.1, 0.15) is 5.76 Å². The predicted molar refractivity (Wildman–Crippen MR) is 85.7 cm³/mol. The summed E-state index contributed by atoms with van der Waals surface area (Å²) >= 11 is 9.52. The van der Waals surface area contributed by atoms with Gasteiger partial charge in [-0.25, -0.2) is 0 Å². The van der Waals surface area contributed by atoms with Gasteiger partial charge in [-0.3, -0.25) is 4.90 Å². The number of hydrogen-bond donors (Lipinski definition) is 1. The summed E-state index contributed by atoms with van der Waals surface area (Å²) in [6.07, 6.45) is 1.69. The second kappa shape index (κ2) is 7.27. The van der Waals surface area contributed by atoms with Gasteiger partial charge in [0.05, 0.1) is 17.8 Å². The number of nitrogens with two attached hydrogens (primary N) is 1. The molecular weight excluding hydrogens is 340 g/mol. The van der Waals surface area contributed by atoms with E-state index in [0.717, 1.165) is 28.9 Å². The number of benzene rings is 1. The highest BCUT2D eigenvalue weighted by Crippen LogP contribution is 2.29. The molecule has 3 nitrogen and oxygen atoms in total. The van der Waals surface area contributed by atoms with Crippen LogP contribution in [-0.2, 0) is 6.54 Å². The van der Waals surface area contributed by atoms with Crippen molar-refractivity contribution < 1.29 is 4.42 Å². The Kier molecular flexibility index (Phi) is 5.66. The van der Waals surface area contributed by atoms with Crippen LogP contribution >= 0.6 is 27.5 Å². The lowest BCUT2D eigenvalue weighted by Gasteiger charge is -2.29. The molecule has 1 aromatic carbocycles. The van der Waals surface area contributed by atoms with E-state index < -0.39 is 0 Å². The highest BCUT2D eigenvalue weighted by molar-refractivity contribution is 9.10. The number of hydrogen-bond acceptors (Lipinski definition) is 3. The van der Waals surface area contributed by atoms with E-state index in [9.17, 15) is 0 Å². The van der Waals surface area contributed by atoms with Crippen LogP contribution in [0.3, 0.4) is 0 Å². The summed E-state index contributed by atoms with van der Waals surface area (Å²) in [6.45, 7) is 4.30. The van der Waals surface area contributed by atoms with Gasteiger partial charge in [-0.1, -0.05) is 24.6 Å². The molecule has 2 aromatic rings. The van der Waals surface area contributed by atoms with E-state index in [2.05, 4.69) is 27.8 Å². The molecule has 0 amide bonds. The molecule has 1 aromatic heterocycles. The molecule has 0 saturated carbocycles. The SMILES string of the molecule is CCN(Cc1ccco1)C(CN)c1ccc(Cl)c(Br)c1. The van der Waals surface area contributed by atoms with E-state index in [1.54, 1.807) is 6.26 Å². The first-order chi connectivity index (χ1) is 9.65. The molecule has 20 heavy (non-hydrogen) atoms. The van der Waals surface area contributed by atoms with E-state index in [-0.39, 0.29) is 6.04 Å². The molecule has 0 saturated heterocycles. The van der Waals surface area contributed by atoms with Crippen LogP contribution in [-0.4, -0.2) is 18.0 Å². The Hall–Kier alpha value is -0.810. The van der Waals surface area contributed by atoms with Gasteiger partial charge in [0.25, 0.3) is 0 Å². The Morgan fingerprint density at radius 1 is 1.40 bits per heavy atom. The zero-order valence-electron chi connectivity index (χ0n) is 11.4. The summed E-state index contributed by atoms with van der Waals surface area (Å²) in [6, 6.07) is 9.97. The first-order valence-corrected chi connectivity index (χ1v) is 7.74. The Bertz CT molecular complexity index is 545. The number of halogens is 2. The molecule has 0 fully saturated rings. The second-order valence-corrected chi connectivity index (χ2v) is 5.83. The number of likely N-dealkylation sites (N-methyl/N-ethyl adjacent to an activating group) is 1. The summed E-state index contributed by atoms with van der Waals surface area (Å²) in [7, 11) is 0. The van der Waals surface area contributed by atoms with Crippen LogP contribution in [0.5, 0.6) is 0 Å². The molecule has 0 aliphatic carbocycles. The summed E-state index contributed by atoms with van der Waals surface area (Å²) in [4.78, 5) is 2.29. The smallest absolute Gasteiger partial charge is 0.117 e. The van der Waals surface area contributed by atoms with Crippen molar-refractivity contribution in [1.82, 2.24) is 4.90 Å². The van der Waals surface area contributed by atoms with Crippen LogP contribution in [0.15, 0.2) is 45.5 Å². The molecule has 2 rings (SSSR count). The molecule has 1 heterocycles. The molecule has 0 aliphatic rings. The third kappa shape index (κ3) is 3.64. The lowest BCUT2D eigenvalue weighted by molar-refractivity contribution is 0.188. The molecule has 5 heteroatoms. The molecule has 1 unspecified atom stereocenters. The zero-order chi connectivity index (χ0) is 14.5. The zero-order valence-corrected chi connectivity index (χ0v) is 13.7. The highest BCUT2D eigenvalue weighted by Gasteiger charge is 2.19. The van der Waals surface area contributed by atoms with Gasteiger partial charge < -0.3 is 10.2 Å². The van der Waals surface area contributed by atoms with Gasteiger partial charge in [0.2, 0.25) is 0 Å². The van der Waals surface area contributed by atoms with Crippen molar-refractivity contribution in [3.05, 3.63) is 57.4 Å². The van der Waals surface area contributed by atoms with Crippen molar-refractivity contribution in [1.29, 1.82) is 0 Å². The van der Waals surface area contributed by atoms with Crippen molar-refractivity contribution in [2.75, 3.05) is 13.1 Å². The highest BCUT2D eigenvalue weighted by atomic mass is 79.9. The topological polar surface area (TPSA) is 42.4 Å². The summed E-state index contributed by atoms with van der Waals surface area (Å²) in [5.41, 5.74) is 7.13. The van der Waals surface area contributed by atoms with Crippen molar-refractivity contribution in [3.63, 3.8) is 0 Å². The third-order valence-electron chi connectivity index (χ3n) is 3.34. The largest absolute Gasteiger partial charge is 0.468 e. The van der Waals surface area contributed by atoms with Gasteiger partial charge >= 0.3 is 0 Å². The minimum atomic E-state index is 0.138. The number of nitrogens with zero attached hydrogens (tertiary/aromatic N) is 1. The maximum Gasteiger partial charge on any atom is 0.117 e. The van der Waals surface area contributed by atoms with Crippen molar-refractivity contribution in [3.8, 4) is 0 Å². The fourth-order valence-electron chi connectivity index (χ4n) is 2.26. The van der Waals surface area contributed by atoms with Crippen LogP contribution in [0.4, 0.5) is 0 Å². The lowest BCUT2D eigenvalue weighted by Crippen LogP contribution is -2.33. The molecule has 2 N–H and O–H groups in total. The molecule has 0 bridgehead atoms. The van der Waals surface area contributed by atoms with Crippen LogP contribution in [0.25, 0.3) is 0 Å². The van der Waals surface area contributed by atoms with E-state index in [1.165, 1.54) is 0 Å². The second-order valence-electron chi connectivity index (χ2n) is 4.57. The molecule has 0 radical (unpaired) electrons. The standard InChI is InChI=1S/C15H18BrClN2O/c1-2-19(10-12-4-3-7-20-12)15(9-18)11-5-6-14(17)13(16)8-11/h3-8,15H,2,9-10,18H2,1H3. The molecule has 0 aliphatic heterocycles. The Morgan fingerprint density at radius 2 is 2.20 bits per heavy atom. The fraction of sp³-hybridized carbons (Fsp3) is 0.333. The summed E-state index contributed by atoms with van der Waals surface area (Å²) in [5, 5.41) is 0.707. The van der Waals surface area contributed by atoms with Gasteiger partial charge in [0, 0.05) is 17.1 Å². The monoisotopic (exact) mass is 356 g/mol. The Balaban J connectivity index is 2.21.